The van der Waals surface area contributed by atoms with Crippen LogP contribution in [0, 0.1) is 17.2 Å². The molecule has 2 amide bonds. The van der Waals surface area contributed by atoms with Crippen molar-refractivity contribution in [2.45, 2.75) is 75.4 Å². The van der Waals surface area contributed by atoms with Crippen molar-refractivity contribution in [3.05, 3.63) is 60.8 Å². The first-order valence-electron chi connectivity index (χ1n) is 16.0. The second-order valence-electron chi connectivity index (χ2n) is 12.4. The molecule has 17 nitrogen and oxygen atoms in total. The van der Waals surface area contributed by atoms with Gasteiger partial charge in [-0.2, -0.15) is 10.4 Å². The van der Waals surface area contributed by atoms with Crippen molar-refractivity contribution in [3.8, 4) is 17.3 Å². The number of ether oxygens (including phenoxy) is 2. The molecule has 4 heterocycles. The molecule has 2 fully saturated rings. The third-order valence-electron chi connectivity index (χ3n) is 9.17. The summed E-state index contributed by atoms with van der Waals surface area (Å²) < 4.78 is 13.3. The second-order valence-corrected chi connectivity index (χ2v) is 12.4. The Labute approximate surface area is 285 Å². The van der Waals surface area contributed by atoms with E-state index >= 15 is 0 Å². The van der Waals surface area contributed by atoms with E-state index in [0.29, 0.717) is 34.6 Å². The topological polar surface area (TPSA) is 238 Å². The SMILES string of the molecule is CN(Cc1ccccc1NC(=O)O[C@@H]1O[C@H](C(=O)O)[C@@H](O)[C@H](O)[C@H]1O)C(=O)n1ccc2c(-c3cnn(C(CC#N)C4CCCC4)c3)ncnc21. The van der Waals surface area contributed by atoms with E-state index in [0.717, 1.165) is 31.2 Å². The lowest BCUT2D eigenvalue weighted by Crippen LogP contribution is -2.60. The lowest BCUT2D eigenvalue weighted by atomic mass is 9.96. The van der Waals surface area contributed by atoms with Gasteiger partial charge in [-0.05, 0) is 36.5 Å². The summed E-state index contributed by atoms with van der Waals surface area (Å²) in [7, 11) is 1.57. The van der Waals surface area contributed by atoms with Crippen LogP contribution in [0.25, 0.3) is 22.3 Å². The Morgan fingerprint density at radius 2 is 1.88 bits per heavy atom. The zero-order chi connectivity index (χ0) is 35.5. The molecule has 1 aliphatic carbocycles. The lowest BCUT2D eigenvalue weighted by Gasteiger charge is -2.37. The third kappa shape index (κ3) is 6.87. The number of nitrogens with zero attached hydrogens (tertiary/aromatic N) is 7. The molecule has 17 heteroatoms. The van der Waals surface area contributed by atoms with E-state index in [-0.39, 0.29) is 18.3 Å². The normalized spacial score (nSPS) is 22.9. The van der Waals surface area contributed by atoms with E-state index in [2.05, 4.69) is 26.5 Å². The maximum atomic E-state index is 13.7. The third-order valence-corrected chi connectivity index (χ3v) is 9.17. The van der Waals surface area contributed by atoms with Gasteiger partial charge in [-0.25, -0.2) is 24.4 Å². The number of rotatable bonds is 9. The Morgan fingerprint density at radius 3 is 2.62 bits per heavy atom. The Kier molecular flexibility index (Phi) is 10.1. The summed E-state index contributed by atoms with van der Waals surface area (Å²) in [5.74, 6) is -1.23. The Hall–Kier alpha value is -5.41. The quantitative estimate of drug-likeness (QED) is 0.170. The van der Waals surface area contributed by atoms with Gasteiger partial charge in [0, 0.05) is 42.6 Å². The number of carbonyl (C=O) groups is 3. The number of fused-ring (bicyclic) bond motifs is 1. The van der Waals surface area contributed by atoms with Crippen LogP contribution in [0.4, 0.5) is 15.3 Å². The average Bonchev–Trinajstić information content (AvgIpc) is 3.90. The van der Waals surface area contributed by atoms with Crippen molar-refractivity contribution < 1.29 is 44.3 Å². The van der Waals surface area contributed by atoms with Crippen molar-refractivity contribution >= 4 is 34.8 Å². The molecular formula is C33H36N8O9. The Bertz CT molecular complexity index is 1920. The summed E-state index contributed by atoms with van der Waals surface area (Å²) in [6.45, 7) is 0.0235. The van der Waals surface area contributed by atoms with E-state index in [1.54, 1.807) is 49.8 Å². The first-order chi connectivity index (χ1) is 24.1. The van der Waals surface area contributed by atoms with Crippen LogP contribution >= 0.6 is 0 Å². The number of carbonyl (C=O) groups excluding carboxylic acids is 2. The molecule has 0 bridgehead atoms. The highest BCUT2D eigenvalue weighted by Crippen LogP contribution is 2.37. The summed E-state index contributed by atoms with van der Waals surface area (Å²) in [6.07, 6.45) is 0.571. The van der Waals surface area contributed by atoms with Gasteiger partial charge in [-0.1, -0.05) is 31.0 Å². The number of aliphatic hydroxyl groups is 3. The number of aromatic nitrogens is 5. The summed E-state index contributed by atoms with van der Waals surface area (Å²) in [5, 5.41) is 56.5. The fourth-order valence-corrected chi connectivity index (χ4v) is 6.57. The van der Waals surface area contributed by atoms with Crippen LogP contribution in [0.15, 0.2) is 55.2 Å². The fraction of sp³-hybridized carbons (Fsp3) is 0.424. The van der Waals surface area contributed by atoms with Gasteiger partial charge in [0.05, 0.1) is 30.4 Å². The van der Waals surface area contributed by atoms with Crippen molar-refractivity contribution in [2.24, 2.45) is 5.92 Å². The minimum Gasteiger partial charge on any atom is -0.479 e. The standard InChI is InChI=1S/C33H36N8O9/c1-39(15-19-8-4-5-9-22(19)38-32(47)50-31-27(44)25(42)26(43)28(49-31)30(45)46)33(48)40-13-11-21-24(35-17-36-29(21)40)20-14-37-41(16-20)23(10-12-34)18-6-2-3-7-18/h4-5,8-9,11,13-14,16-18,23,25-28,31,42-44H,2-3,6-7,10,15H2,1H3,(H,38,47)(H,45,46)/t23?,25-,26-,27+,28-,31-/m0/s1. The van der Waals surface area contributed by atoms with Crippen LogP contribution in [0.1, 0.15) is 43.7 Å². The predicted octanol–water partition coefficient (Wildman–Crippen LogP) is 2.48. The molecule has 1 aliphatic heterocycles. The number of hydrogen-bond acceptors (Lipinski definition) is 12. The van der Waals surface area contributed by atoms with Gasteiger partial charge in [-0.3, -0.25) is 14.6 Å². The van der Waals surface area contributed by atoms with Crippen molar-refractivity contribution in [1.82, 2.24) is 29.2 Å². The van der Waals surface area contributed by atoms with Gasteiger partial charge in [0.1, 0.15) is 24.6 Å². The number of anilines is 1. The molecule has 1 aromatic carbocycles. The van der Waals surface area contributed by atoms with Gasteiger partial charge < -0.3 is 34.8 Å². The first kappa shape index (κ1) is 34.5. The largest absolute Gasteiger partial charge is 0.479 e. The zero-order valence-corrected chi connectivity index (χ0v) is 26.9. The summed E-state index contributed by atoms with van der Waals surface area (Å²) in [6, 6.07) is 10.1. The molecule has 1 unspecified atom stereocenters. The number of para-hydroxylation sites is 1. The van der Waals surface area contributed by atoms with Crippen molar-refractivity contribution in [3.63, 3.8) is 0 Å². The minimum absolute atomic E-state index is 0.0222. The van der Waals surface area contributed by atoms with Crippen LogP contribution in [0.5, 0.6) is 0 Å². The molecule has 3 aromatic heterocycles. The lowest BCUT2D eigenvalue weighted by molar-refractivity contribution is -0.277. The first-order valence-corrected chi connectivity index (χ1v) is 16.0. The molecule has 6 atom stereocenters. The number of carboxylic acids is 1. The smallest absolute Gasteiger partial charge is 0.414 e. The van der Waals surface area contributed by atoms with Crippen molar-refractivity contribution in [2.75, 3.05) is 12.4 Å². The molecule has 262 valence electrons. The molecule has 1 saturated carbocycles. The number of benzene rings is 1. The highest BCUT2D eigenvalue weighted by atomic mass is 16.7. The number of aliphatic hydroxyl groups excluding tert-OH is 3. The number of amides is 2. The fourth-order valence-electron chi connectivity index (χ4n) is 6.57. The van der Waals surface area contributed by atoms with Gasteiger partial charge in [0.25, 0.3) is 0 Å². The summed E-state index contributed by atoms with van der Waals surface area (Å²) in [4.78, 5) is 48.1. The van der Waals surface area contributed by atoms with Crippen LogP contribution in [-0.4, -0.2) is 105 Å². The molecule has 1 saturated heterocycles. The van der Waals surface area contributed by atoms with Crippen LogP contribution in [-0.2, 0) is 20.8 Å². The molecule has 6 rings (SSSR count). The summed E-state index contributed by atoms with van der Waals surface area (Å²) >= 11 is 0. The minimum atomic E-state index is -1.94. The highest BCUT2D eigenvalue weighted by Gasteiger charge is 2.48. The van der Waals surface area contributed by atoms with Crippen LogP contribution in [0.2, 0.25) is 0 Å². The molecule has 0 spiro atoms. The highest BCUT2D eigenvalue weighted by molar-refractivity contribution is 5.96. The Morgan fingerprint density at radius 1 is 1.12 bits per heavy atom. The van der Waals surface area contributed by atoms with E-state index < -0.39 is 48.8 Å². The van der Waals surface area contributed by atoms with E-state index in [9.17, 15) is 40.1 Å². The molecule has 4 aromatic rings. The zero-order valence-electron chi connectivity index (χ0n) is 26.9. The van der Waals surface area contributed by atoms with Crippen molar-refractivity contribution in [1.29, 1.82) is 5.26 Å². The van der Waals surface area contributed by atoms with E-state index in [4.69, 9.17) is 9.47 Å². The number of carboxylic acid groups (broad SMARTS) is 1. The van der Waals surface area contributed by atoms with Crippen LogP contribution in [0.3, 0.4) is 0 Å². The molecule has 0 radical (unpaired) electrons. The average molecular weight is 689 g/mol. The van der Waals surface area contributed by atoms with Crippen LogP contribution < -0.4 is 5.32 Å². The maximum absolute atomic E-state index is 13.7. The Balaban J connectivity index is 1.15. The molecule has 5 N–H and O–H groups in total. The van der Waals surface area contributed by atoms with Gasteiger partial charge in [0.2, 0.25) is 6.29 Å². The van der Waals surface area contributed by atoms with E-state index in [1.807, 2.05) is 10.9 Å². The van der Waals surface area contributed by atoms with Gasteiger partial charge >= 0.3 is 18.1 Å². The summed E-state index contributed by atoms with van der Waals surface area (Å²) in [5.41, 5.74) is 2.44. The second kappa shape index (κ2) is 14.6. The molecule has 2 aliphatic rings. The number of aliphatic carboxylic acids is 1. The van der Waals surface area contributed by atoms with E-state index in [1.165, 1.54) is 15.8 Å². The van der Waals surface area contributed by atoms with Gasteiger partial charge in [0.15, 0.2) is 11.8 Å². The maximum Gasteiger partial charge on any atom is 0.414 e. The molecule has 50 heavy (non-hydrogen) atoms. The van der Waals surface area contributed by atoms with Gasteiger partial charge in [-0.15, -0.1) is 0 Å². The number of nitrogens with one attached hydrogen (secondary N) is 1. The number of nitriles is 1. The number of hydrogen-bond donors (Lipinski definition) is 5. The monoisotopic (exact) mass is 688 g/mol. The predicted molar refractivity (Wildman–Crippen MR) is 173 cm³/mol. The molecular weight excluding hydrogens is 652 g/mol.